The lowest BCUT2D eigenvalue weighted by Crippen LogP contribution is -1.85. The van der Waals surface area contributed by atoms with Gasteiger partial charge in [0, 0.05) is 0 Å². The molecule has 0 aliphatic heterocycles. The molecule has 0 bridgehead atoms. The highest BCUT2D eigenvalue weighted by Gasteiger charge is 1.98. The number of rotatable bonds is 37. The normalized spacial score (nSPS) is 12.6. The van der Waals surface area contributed by atoms with Crippen molar-refractivity contribution in [3.8, 4) is 0 Å². The molecule has 0 atom stereocenters. The van der Waals surface area contributed by atoms with E-state index in [1.165, 1.54) is 150 Å². The molecule has 0 saturated carbocycles. The van der Waals surface area contributed by atoms with Gasteiger partial charge in [-0.25, -0.2) is 0 Å². The van der Waals surface area contributed by atoms with Gasteiger partial charge in [0.05, 0.1) is 0 Å². The van der Waals surface area contributed by atoms with Crippen LogP contribution < -0.4 is 0 Å². The van der Waals surface area contributed by atoms with E-state index in [-0.39, 0.29) is 0 Å². The fourth-order valence-corrected chi connectivity index (χ4v) is 7.22. The van der Waals surface area contributed by atoms with Crippen LogP contribution in [0.25, 0.3) is 0 Å². The van der Waals surface area contributed by atoms with E-state index in [1.807, 2.05) is 42.5 Å². The monoisotopic (exact) mass is 1190 g/mol. The topological polar surface area (TPSA) is 0 Å². The Labute approximate surface area is 547 Å². The van der Waals surface area contributed by atoms with E-state index in [0.717, 1.165) is 63.4 Å². The van der Waals surface area contributed by atoms with Gasteiger partial charge in [-0.1, -0.05) is 227 Å². The molecule has 0 rings (SSSR count). The number of hydrogen-bond donors (Lipinski definition) is 0. The largest absolute Gasteiger partial charge is 0.103 e. The van der Waals surface area contributed by atoms with Crippen LogP contribution in [0.2, 0.25) is 0 Å². The molecule has 0 saturated heterocycles. The summed E-state index contributed by atoms with van der Waals surface area (Å²) in [7, 11) is 0. The minimum atomic E-state index is 0.918. The quantitative estimate of drug-likeness (QED) is 0.0430. The van der Waals surface area contributed by atoms with Crippen LogP contribution in [0, 0.1) is 0 Å². The van der Waals surface area contributed by atoms with E-state index in [1.54, 1.807) is 11.1 Å². The van der Waals surface area contributed by atoms with Crippen LogP contribution in [-0.4, -0.2) is 0 Å². The van der Waals surface area contributed by atoms with Gasteiger partial charge in [0.2, 0.25) is 0 Å². The molecule has 0 aliphatic rings. The average molecular weight is 1190 g/mol. The summed E-state index contributed by atoms with van der Waals surface area (Å²) in [5.74, 6) is 0. The fourth-order valence-electron chi connectivity index (χ4n) is 7.22. The van der Waals surface area contributed by atoms with Crippen LogP contribution in [0.4, 0.5) is 0 Å². The van der Waals surface area contributed by atoms with Gasteiger partial charge in [-0.2, -0.15) is 0 Å². The van der Waals surface area contributed by atoms with Gasteiger partial charge in [-0.05, 0) is 277 Å². The molecule has 0 N–H and O–H groups in total. The summed E-state index contributed by atoms with van der Waals surface area (Å²) in [6.07, 6.45) is 69.5. The standard InChI is InChI=1S/C14H24.2C13H22.C12H18.2C12H20.C11H18/c1-5-8-11-14(7-3)12-9-10-13(4)6-2;1-6-8-12(4)13(5)10-9-11(3)7-2;1-5-7-10-13(6-2)11-8-9-12(3)4;1-6-7-8-11(4)12(5)9-10(2)3;1-5-8-12(4)10-7-9-11(3)6-2;1-5-7-8-12(4)10-9-11(3)6-2;1-4-6-7-8-9-10-11(3)5-2/h5,10-11H,1,6-9,12H2,2-4H3;6-7H,1,8-10H2,2-5H3;5,9-10H,1,6-8,11H2,2-4H3;6,8-9H,1,5,7H2,2-4H3;5-6,10H,1,7-9H2,2-4H3;5-6,8H,1,7,9-10H2,2-4H3;4-5,7-8H,1,6,9-10H2,2-3H3/b13-10+,14-11?;11-7?,13-12-;;;;;. The van der Waals surface area contributed by atoms with E-state index in [2.05, 4.69) is 283 Å². The summed E-state index contributed by atoms with van der Waals surface area (Å²) >= 11 is 0. The van der Waals surface area contributed by atoms with Crippen LogP contribution in [-0.2, 0) is 0 Å². The van der Waals surface area contributed by atoms with Crippen molar-refractivity contribution in [2.45, 2.75) is 287 Å². The van der Waals surface area contributed by atoms with E-state index in [0.29, 0.717) is 0 Å². The molecule has 492 valence electrons. The molecule has 87 heavy (non-hydrogen) atoms. The maximum Gasteiger partial charge on any atom is -0.0142 e. The molecular weight excluding hydrogens is 1040 g/mol. The second-order valence-corrected chi connectivity index (χ2v) is 23.2. The summed E-state index contributed by atoms with van der Waals surface area (Å²) in [4.78, 5) is 0. The lowest BCUT2D eigenvalue weighted by molar-refractivity contribution is 0.888. The van der Waals surface area contributed by atoms with Gasteiger partial charge < -0.3 is 0 Å². The summed E-state index contributed by atoms with van der Waals surface area (Å²) in [6.45, 7) is 75.1. The van der Waals surface area contributed by atoms with Gasteiger partial charge >= 0.3 is 0 Å². The zero-order valence-electron chi connectivity index (χ0n) is 61.8. The van der Waals surface area contributed by atoms with Crippen molar-refractivity contribution in [2.24, 2.45) is 0 Å². The Bertz CT molecular complexity index is 2250. The Morgan fingerprint density at radius 2 is 0.690 bits per heavy atom. The smallest absolute Gasteiger partial charge is 0.0142 e. The minimum absolute atomic E-state index is 0.918. The predicted octanol–water partition coefficient (Wildman–Crippen LogP) is 30.7. The molecular formula is C87H144. The van der Waals surface area contributed by atoms with Gasteiger partial charge in [-0.15, -0.1) is 46.1 Å². The van der Waals surface area contributed by atoms with Crippen molar-refractivity contribution in [1.29, 1.82) is 0 Å². The minimum Gasteiger partial charge on any atom is -0.103 e. The van der Waals surface area contributed by atoms with Crippen molar-refractivity contribution in [1.82, 2.24) is 0 Å². The molecule has 0 nitrogen and oxygen atoms in total. The Morgan fingerprint density at radius 3 is 1.10 bits per heavy atom. The molecule has 0 heterocycles. The molecule has 0 unspecified atom stereocenters. The second kappa shape index (κ2) is 74.5. The lowest BCUT2D eigenvalue weighted by atomic mass is 10.0. The van der Waals surface area contributed by atoms with E-state index < -0.39 is 0 Å². The third kappa shape index (κ3) is 82.4. The van der Waals surface area contributed by atoms with Gasteiger partial charge in [0.15, 0.2) is 0 Å². The molecule has 0 fully saturated rings. The maximum atomic E-state index is 3.97. The van der Waals surface area contributed by atoms with Crippen LogP contribution in [0.3, 0.4) is 0 Å². The first-order valence-corrected chi connectivity index (χ1v) is 33.4. The third-order valence-corrected chi connectivity index (χ3v) is 14.4. The first-order chi connectivity index (χ1) is 41.3. The molecule has 0 spiro atoms. The Morgan fingerprint density at radius 1 is 0.299 bits per heavy atom. The number of allylic oxidation sites excluding steroid dienone is 36. The second-order valence-electron chi connectivity index (χ2n) is 23.2. The Balaban J connectivity index is -0.000000172. The number of hydrogen-bond acceptors (Lipinski definition) is 0. The molecule has 0 aromatic heterocycles. The van der Waals surface area contributed by atoms with Crippen molar-refractivity contribution in [2.75, 3.05) is 0 Å². The van der Waals surface area contributed by atoms with Gasteiger partial charge in [0.1, 0.15) is 0 Å². The first-order valence-electron chi connectivity index (χ1n) is 33.4. The highest BCUT2D eigenvalue weighted by molar-refractivity contribution is 5.37. The Kier molecular flexibility index (Phi) is 81.3. The van der Waals surface area contributed by atoms with Gasteiger partial charge in [0.25, 0.3) is 0 Å². The molecule has 0 aromatic carbocycles. The molecule has 0 radical (unpaired) electrons. The SMILES string of the molecule is C=CC/C(C)=C(/C)CCC(C)=CC.C=CCC(C)=CCCC(C)=CC.C=CCC=C(C)C(=C)C=C(C)C.C=CCC=C(C)CCC(C)=CC.C=CCC=C(CC)CC/C=C(\C)CC.C=CCC=C(CC)CCC=C(C)C.C=CCC=CCCC(C)=CC. The molecule has 0 aliphatic carbocycles. The molecule has 0 amide bonds. The van der Waals surface area contributed by atoms with E-state index in [9.17, 15) is 0 Å². The average Bonchev–Trinajstić information content (AvgIpc) is 3.52. The highest BCUT2D eigenvalue weighted by Crippen LogP contribution is 2.18. The predicted molar refractivity (Wildman–Crippen MR) is 414 cm³/mol. The third-order valence-electron chi connectivity index (χ3n) is 14.4. The zero-order valence-corrected chi connectivity index (χ0v) is 61.8. The van der Waals surface area contributed by atoms with Crippen LogP contribution in [0.1, 0.15) is 287 Å². The van der Waals surface area contributed by atoms with E-state index in [4.69, 9.17) is 0 Å². The van der Waals surface area contributed by atoms with Crippen LogP contribution in [0.5, 0.6) is 0 Å². The molecule has 0 heteroatoms. The summed E-state index contributed by atoms with van der Waals surface area (Å²) in [5.41, 5.74) is 21.4. The van der Waals surface area contributed by atoms with Gasteiger partial charge in [-0.3, -0.25) is 0 Å². The molecule has 0 aromatic rings. The fraction of sp³-hybridized carbons (Fsp3) is 0.494. The zero-order chi connectivity index (χ0) is 68.1. The lowest BCUT2D eigenvalue weighted by Gasteiger charge is -2.05. The summed E-state index contributed by atoms with van der Waals surface area (Å²) in [6, 6.07) is 0. The summed E-state index contributed by atoms with van der Waals surface area (Å²) in [5, 5.41) is 0. The van der Waals surface area contributed by atoms with Crippen molar-refractivity contribution in [3.05, 3.63) is 264 Å². The van der Waals surface area contributed by atoms with E-state index >= 15 is 0 Å². The van der Waals surface area contributed by atoms with Crippen molar-refractivity contribution >= 4 is 0 Å². The van der Waals surface area contributed by atoms with Crippen molar-refractivity contribution < 1.29 is 0 Å². The first kappa shape index (κ1) is 94.9. The highest BCUT2D eigenvalue weighted by atomic mass is 14.0. The summed E-state index contributed by atoms with van der Waals surface area (Å²) < 4.78 is 0. The van der Waals surface area contributed by atoms with Crippen LogP contribution in [0.15, 0.2) is 264 Å². The van der Waals surface area contributed by atoms with Crippen molar-refractivity contribution in [3.63, 3.8) is 0 Å². The Hall–Kier alpha value is -5.72. The van der Waals surface area contributed by atoms with Crippen LogP contribution >= 0.6 is 0 Å². The maximum absolute atomic E-state index is 3.97.